The van der Waals surface area contributed by atoms with E-state index in [1.807, 2.05) is 0 Å². The highest BCUT2D eigenvalue weighted by Gasteiger charge is 2.31. The molecule has 12 heteroatoms. The molecule has 0 saturated carbocycles. The minimum Gasteiger partial charge on any atom is -0.481 e. The van der Waals surface area contributed by atoms with Crippen molar-refractivity contribution in [2.75, 3.05) is 0 Å². The number of amides is 3. The first kappa shape index (κ1) is 27.3. The lowest BCUT2D eigenvalue weighted by Crippen LogP contribution is -2.59. The van der Waals surface area contributed by atoms with Crippen LogP contribution in [-0.4, -0.2) is 75.3 Å². The molecule has 0 aromatic rings. The summed E-state index contributed by atoms with van der Waals surface area (Å²) in [4.78, 5) is 58.6. The van der Waals surface area contributed by atoms with Gasteiger partial charge in [-0.2, -0.15) is 0 Å². The number of nitrogens with one attached hydrogen (secondary N) is 3. The summed E-state index contributed by atoms with van der Waals surface area (Å²) in [5.41, 5.74) is 5.58. The molecular formula is C18H32N4O8. The average Bonchev–Trinajstić information content (AvgIpc) is 2.66. The van der Waals surface area contributed by atoms with Crippen LogP contribution in [0.2, 0.25) is 0 Å². The standard InChI is InChI=1S/C18H32N4O8/c1-5-8(2)13(18(29)30)21-15(26)9(3)20-17(28)14(10(4)23)22-16(27)11(19)6-7-12(24)25/h8-11,13-14,23H,5-7,19H2,1-4H3,(H,20,28)(H,21,26)(H,22,27)(H,24,25)(H,29,30). The summed E-state index contributed by atoms with van der Waals surface area (Å²) in [5, 5.41) is 34.6. The van der Waals surface area contributed by atoms with E-state index in [-0.39, 0.29) is 18.8 Å². The number of nitrogens with two attached hydrogens (primary N) is 1. The summed E-state index contributed by atoms with van der Waals surface area (Å²) in [6.07, 6.45) is -1.35. The first-order valence-corrected chi connectivity index (χ1v) is 9.61. The molecule has 12 nitrogen and oxygen atoms in total. The Kier molecular flexibility index (Phi) is 11.6. The molecule has 0 saturated heterocycles. The SMILES string of the molecule is CCC(C)C(NC(=O)C(C)NC(=O)C(NC(=O)C(N)CCC(=O)O)C(C)O)C(=O)O. The molecule has 0 aromatic carbocycles. The zero-order valence-electron chi connectivity index (χ0n) is 17.5. The molecule has 0 aliphatic carbocycles. The van der Waals surface area contributed by atoms with Gasteiger partial charge in [-0.3, -0.25) is 19.2 Å². The Labute approximate surface area is 174 Å². The summed E-state index contributed by atoms with van der Waals surface area (Å²) >= 11 is 0. The summed E-state index contributed by atoms with van der Waals surface area (Å²) in [6, 6.07) is -4.94. The van der Waals surface area contributed by atoms with Gasteiger partial charge in [0.25, 0.3) is 0 Å². The second kappa shape index (κ2) is 12.8. The van der Waals surface area contributed by atoms with E-state index in [0.717, 1.165) is 0 Å². The van der Waals surface area contributed by atoms with Gasteiger partial charge in [-0.1, -0.05) is 20.3 Å². The van der Waals surface area contributed by atoms with E-state index in [1.165, 1.54) is 13.8 Å². The van der Waals surface area contributed by atoms with Crippen LogP contribution in [-0.2, 0) is 24.0 Å². The molecule has 0 fully saturated rings. The van der Waals surface area contributed by atoms with Crippen molar-refractivity contribution in [3.63, 3.8) is 0 Å². The van der Waals surface area contributed by atoms with Crippen molar-refractivity contribution in [2.45, 2.75) is 77.2 Å². The quantitative estimate of drug-likeness (QED) is 0.174. The minimum absolute atomic E-state index is 0.166. The molecule has 0 aliphatic rings. The number of hydrogen-bond acceptors (Lipinski definition) is 7. The van der Waals surface area contributed by atoms with Crippen molar-refractivity contribution >= 4 is 29.7 Å². The molecule has 0 heterocycles. The zero-order chi connectivity index (χ0) is 23.6. The van der Waals surface area contributed by atoms with Crippen LogP contribution < -0.4 is 21.7 Å². The molecule has 0 spiro atoms. The van der Waals surface area contributed by atoms with Crippen LogP contribution in [0, 0.1) is 5.92 Å². The van der Waals surface area contributed by atoms with E-state index in [2.05, 4.69) is 16.0 Å². The Hall–Kier alpha value is -2.73. The van der Waals surface area contributed by atoms with Gasteiger partial charge < -0.3 is 37.0 Å². The molecule has 8 N–H and O–H groups in total. The number of carboxylic acids is 2. The van der Waals surface area contributed by atoms with Crippen molar-refractivity contribution in [3.05, 3.63) is 0 Å². The van der Waals surface area contributed by atoms with Crippen LogP contribution in [0.1, 0.15) is 47.0 Å². The third-order valence-electron chi connectivity index (χ3n) is 4.60. The fraction of sp³-hybridized carbons (Fsp3) is 0.722. The predicted octanol–water partition coefficient (Wildman–Crippen LogP) is -1.84. The smallest absolute Gasteiger partial charge is 0.326 e. The van der Waals surface area contributed by atoms with Crippen LogP contribution in [0.5, 0.6) is 0 Å². The van der Waals surface area contributed by atoms with E-state index in [0.29, 0.717) is 6.42 Å². The number of aliphatic hydroxyl groups is 1. The van der Waals surface area contributed by atoms with Crippen molar-refractivity contribution < 1.29 is 39.3 Å². The highest BCUT2D eigenvalue weighted by atomic mass is 16.4. The van der Waals surface area contributed by atoms with E-state index >= 15 is 0 Å². The molecule has 0 radical (unpaired) electrons. The van der Waals surface area contributed by atoms with Gasteiger partial charge >= 0.3 is 11.9 Å². The predicted molar refractivity (Wildman–Crippen MR) is 105 cm³/mol. The number of carbonyl (C=O) groups is 5. The molecule has 3 amide bonds. The Morgan fingerprint density at radius 1 is 0.867 bits per heavy atom. The van der Waals surface area contributed by atoms with Crippen molar-refractivity contribution in [1.82, 2.24) is 16.0 Å². The van der Waals surface area contributed by atoms with Gasteiger partial charge in [0.1, 0.15) is 18.1 Å². The lowest BCUT2D eigenvalue weighted by Gasteiger charge is -2.26. The maximum Gasteiger partial charge on any atom is 0.326 e. The minimum atomic E-state index is -1.45. The first-order chi connectivity index (χ1) is 13.8. The topological polar surface area (TPSA) is 208 Å². The maximum absolute atomic E-state index is 12.4. The maximum atomic E-state index is 12.4. The molecule has 0 bridgehead atoms. The number of aliphatic carboxylic acids is 2. The summed E-state index contributed by atoms with van der Waals surface area (Å²) in [6.45, 7) is 5.99. The Bertz CT molecular complexity index is 640. The summed E-state index contributed by atoms with van der Waals surface area (Å²) in [7, 11) is 0. The fourth-order valence-corrected chi connectivity index (χ4v) is 2.41. The molecule has 0 aliphatic heterocycles. The van der Waals surface area contributed by atoms with Crippen molar-refractivity contribution in [1.29, 1.82) is 0 Å². The van der Waals surface area contributed by atoms with Crippen molar-refractivity contribution in [2.24, 2.45) is 11.7 Å². The molecule has 172 valence electrons. The van der Waals surface area contributed by atoms with E-state index < -0.39 is 59.9 Å². The lowest BCUT2D eigenvalue weighted by atomic mass is 9.99. The lowest BCUT2D eigenvalue weighted by molar-refractivity contribution is -0.144. The number of aliphatic hydroxyl groups excluding tert-OH is 1. The summed E-state index contributed by atoms with van der Waals surface area (Å²) < 4.78 is 0. The average molecular weight is 432 g/mol. The second-order valence-electron chi connectivity index (χ2n) is 7.21. The molecule has 0 aromatic heterocycles. The second-order valence-corrected chi connectivity index (χ2v) is 7.21. The monoisotopic (exact) mass is 432 g/mol. The van der Waals surface area contributed by atoms with Gasteiger partial charge in [0.05, 0.1) is 12.1 Å². The van der Waals surface area contributed by atoms with Crippen LogP contribution in [0.15, 0.2) is 0 Å². The highest BCUT2D eigenvalue weighted by molar-refractivity contribution is 5.94. The van der Waals surface area contributed by atoms with Crippen LogP contribution in [0.3, 0.4) is 0 Å². The van der Waals surface area contributed by atoms with Gasteiger partial charge in [0.2, 0.25) is 17.7 Å². The third-order valence-corrected chi connectivity index (χ3v) is 4.60. The third kappa shape index (κ3) is 9.18. The summed E-state index contributed by atoms with van der Waals surface area (Å²) in [5.74, 6) is -5.16. The zero-order valence-corrected chi connectivity index (χ0v) is 17.5. The number of carboxylic acid groups (broad SMARTS) is 2. The van der Waals surface area contributed by atoms with Gasteiger partial charge in [-0.25, -0.2) is 4.79 Å². The Morgan fingerprint density at radius 2 is 1.40 bits per heavy atom. The van der Waals surface area contributed by atoms with Crippen molar-refractivity contribution in [3.8, 4) is 0 Å². The van der Waals surface area contributed by atoms with E-state index in [4.69, 9.17) is 10.8 Å². The fourth-order valence-electron chi connectivity index (χ4n) is 2.41. The van der Waals surface area contributed by atoms with E-state index in [1.54, 1.807) is 13.8 Å². The van der Waals surface area contributed by atoms with Gasteiger partial charge in [0.15, 0.2) is 0 Å². The van der Waals surface area contributed by atoms with Crippen LogP contribution in [0.4, 0.5) is 0 Å². The highest BCUT2D eigenvalue weighted by Crippen LogP contribution is 2.08. The van der Waals surface area contributed by atoms with Gasteiger partial charge in [0, 0.05) is 6.42 Å². The number of rotatable bonds is 13. The molecule has 6 atom stereocenters. The molecule has 6 unspecified atom stereocenters. The number of carbonyl (C=O) groups excluding carboxylic acids is 3. The Morgan fingerprint density at radius 3 is 1.83 bits per heavy atom. The molecular weight excluding hydrogens is 400 g/mol. The van der Waals surface area contributed by atoms with Crippen LogP contribution >= 0.6 is 0 Å². The number of hydrogen-bond donors (Lipinski definition) is 7. The normalized spacial score (nSPS) is 16.9. The molecule has 0 rings (SSSR count). The van der Waals surface area contributed by atoms with E-state index in [9.17, 15) is 34.2 Å². The first-order valence-electron chi connectivity index (χ1n) is 9.61. The largest absolute Gasteiger partial charge is 0.481 e. The van der Waals surface area contributed by atoms with Crippen LogP contribution in [0.25, 0.3) is 0 Å². The Balaban J connectivity index is 5.01. The van der Waals surface area contributed by atoms with Gasteiger partial charge in [-0.05, 0) is 26.2 Å². The molecule has 30 heavy (non-hydrogen) atoms. The van der Waals surface area contributed by atoms with Gasteiger partial charge in [-0.15, -0.1) is 0 Å².